The van der Waals surface area contributed by atoms with Gasteiger partial charge >= 0.3 is 0 Å². The summed E-state index contributed by atoms with van der Waals surface area (Å²) in [5.74, 6) is 0. The fourth-order valence-electron chi connectivity index (χ4n) is 1.36. The van der Waals surface area contributed by atoms with E-state index in [0.717, 1.165) is 13.0 Å². The van der Waals surface area contributed by atoms with Crippen LogP contribution in [0.1, 0.15) is 13.3 Å². The van der Waals surface area contributed by atoms with Crippen LogP contribution in [0.2, 0.25) is 10.6 Å². The predicted octanol–water partition coefficient (Wildman–Crippen LogP) is 2.45. The van der Waals surface area contributed by atoms with E-state index < -0.39 is 0 Å². The minimum Gasteiger partial charge on any atom is -0.377 e. The van der Waals surface area contributed by atoms with Crippen LogP contribution in [0.15, 0.2) is 5.16 Å². The summed E-state index contributed by atoms with van der Waals surface area (Å²) in [6.07, 6.45) is 1.21. The van der Waals surface area contributed by atoms with Crippen LogP contribution >= 0.6 is 35.0 Å². The molecule has 0 radical (unpaired) electrons. The van der Waals surface area contributed by atoms with Crippen molar-refractivity contribution < 1.29 is 4.74 Å². The number of ether oxygens (including phenoxy) is 1. The lowest BCUT2D eigenvalue weighted by molar-refractivity contribution is 0.127. The molecule has 0 amide bonds. The van der Waals surface area contributed by atoms with Gasteiger partial charge in [0.15, 0.2) is 5.16 Å². The Labute approximate surface area is 102 Å². The van der Waals surface area contributed by atoms with Crippen molar-refractivity contribution in [2.75, 3.05) is 6.61 Å². The summed E-state index contributed by atoms with van der Waals surface area (Å²) < 4.78 is 5.44. The van der Waals surface area contributed by atoms with Gasteiger partial charge in [0, 0.05) is 11.9 Å². The van der Waals surface area contributed by atoms with Crippen molar-refractivity contribution >= 4 is 35.0 Å². The highest BCUT2D eigenvalue weighted by Gasteiger charge is 2.26. The van der Waals surface area contributed by atoms with Crippen molar-refractivity contribution in [1.29, 1.82) is 0 Å². The lowest BCUT2D eigenvalue weighted by Crippen LogP contribution is -2.13. The van der Waals surface area contributed by atoms with Crippen LogP contribution in [0.5, 0.6) is 0 Å². The molecule has 1 saturated heterocycles. The Bertz CT molecular complexity index is 345. The Balaban J connectivity index is 2.10. The van der Waals surface area contributed by atoms with Crippen LogP contribution in [0, 0.1) is 0 Å². The highest BCUT2D eigenvalue weighted by Crippen LogP contribution is 2.31. The lowest BCUT2D eigenvalue weighted by atomic mass is 10.3. The SMILES string of the molecule is CC1OCCC1Sc1nc(Cl)nc(Cl)n1. The normalized spacial score (nSPS) is 25.8. The Morgan fingerprint density at radius 3 is 2.47 bits per heavy atom. The van der Waals surface area contributed by atoms with Gasteiger partial charge in [-0.05, 0) is 36.5 Å². The topological polar surface area (TPSA) is 47.9 Å². The molecule has 0 saturated carbocycles. The van der Waals surface area contributed by atoms with Gasteiger partial charge in [0.25, 0.3) is 0 Å². The zero-order valence-electron chi connectivity index (χ0n) is 7.98. The molecule has 1 aromatic heterocycles. The summed E-state index contributed by atoms with van der Waals surface area (Å²) in [6, 6.07) is 0. The highest BCUT2D eigenvalue weighted by atomic mass is 35.5. The van der Waals surface area contributed by atoms with Crippen LogP contribution in [0.4, 0.5) is 0 Å². The van der Waals surface area contributed by atoms with Gasteiger partial charge in [-0.1, -0.05) is 11.8 Å². The second-order valence-corrected chi connectivity index (χ2v) is 5.06. The quantitative estimate of drug-likeness (QED) is 0.822. The maximum Gasteiger partial charge on any atom is 0.227 e. The van der Waals surface area contributed by atoms with Gasteiger partial charge in [0.1, 0.15) is 0 Å². The first-order chi connectivity index (χ1) is 7.15. The number of rotatable bonds is 2. The molecular formula is C8H9Cl2N3OS. The lowest BCUT2D eigenvalue weighted by Gasteiger charge is -2.11. The van der Waals surface area contributed by atoms with Crippen LogP contribution < -0.4 is 0 Å². The smallest absolute Gasteiger partial charge is 0.227 e. The molecular weight excluding hydrogens is 257 g/mol. The third-order valence-corrected chi connectivity index (χ3v) is 3.78. The van der Waals surface area contributed by atoms with Gasteiger partial charge in [0.05, 0.1) is 6.10 Å². The van der Waals surface area contributed by atoms with Crippen LogP contribution in [-0.4, -0.2) is 32.9 Å². The molecule has 82 valence electrons. The van der Waals surface area contributed by atoms with E-state index in [1.807, 2.05) is 6.92 Å². The van der Waals surface area contributed by atoms with Gasteiger partial charge in [-0.25, -0.2) is 0 Å². The average Bonchev–Trinajstić information content (AvgIpc) is 2.50. The van der Waals surface area contributed by atoms with E-state index in [0.29, 0.717) is 10.4 Å². The molecule has 1 fully saturated rings. The maximum atomic E-state index is 5.68. The van der Waals surface area contributed by atoms with Crippen LogP contribution in [0.3, 0.4) is 0 Å². The van der Waals surface area contributed by atoms with Crippen molar-refractivity contribution in [2.24, 2.45) is 0 Å². The maximum absolute atomic E-state index is 5.68. The van der Waals surface area contributed by atoms with Gasteiger partial charge in [-0.15, -0.1) is 0 Å². The Morgan fingerprint density at radius 1 is 1.27 bits per heavy atom. The Morgan fingerprint density at radius 2 is 1.93 bits per heavy atom. The third-order valence-electron chi connectivity index (χ3n) is 2.12. The number of thioether (sulfide) groups is 1. The molecule has 0 spiro atoms. The summed E-state index contributed by atoms with van der Waals surface area (Å²) in [5, 5.41) is 1.18. The number of nitrogens with zero attached hydrogens (tertiary/aromatic N) is 3. The molecule has 0 aliphatic carbocycles. The molecule has 0 bridgehead atoms. The van der Waals surface area contributed by atoms with Crippen LogP contribution in [-0.2, 0) is 4.74 Å². The first-order valence-corrected chi connectivity index (χ1v) is 6.14. The largest absolute Gasteiger partial charge is 0.377 e. The standard InChI is InChI=1S/C8H9Cl2N3OS/c1-4-5(2-3-14-4)15-8-12-6(9)11-7(10)13-8/h4-5H,2-3H2,1H3. The van der Waals surface area contributed by atoms with Gasteiger partial charge in [-0.2, -0.15) is 15.0 Å². The number of aromatic nitrogens is 3. The molecule has 2 unspecified atom stereocenters. The molecule has 0 N–H and O–H groups in total. The van der Waals surface area contributed by atoms with Crippen LogP contribution in [0.25, 0.3) is 0 Å². The summed E-state index contributed by atoms with van der Waals surface area (Å²) in [4.78, 5) is 11.7. The Kier molecular flexibility index (Phi) is 3.66. The van der Waals surface area contributed by atoms with E-state index in [-0.39, 0.29) is 16.7 Å². The molecule has 2 rings (SSSR count). The average molecular weight is 266 g/mol. The van der Waals surface area contributed by atoms with E-state index >= 15 is 0 Å². The first-order valence-electron chi connectivity index (χ1n) is 4.50. The first kappa shape index (κ1) is 11.4. The van der Waals surface area contributed by atoms with E-state index in [2.05, 4.69) is 15.0 Å². The molecule has 2 atom stereocenters. The molecule has 4 nitrogen and oxygen atoms in total. The molecule has 7 heteroatoms. The number of hydrogen-bond donors (Lipinski definition) is 0. The van der Waals surface area contributed by atoms with E-state index in [1.54, 1.807) is 0 Å². The fraction of sp³-hybridized carbons (Fsp3) is 0.625. The molecule has 1 aromatic rings. The highest BCUT2D eigenvalue weighted by molar-refractivity contribution is 7.99. The van der Waals surface area contributed by atoms with E-state index in [4.69, 9.17) is 27.9 Å². The minimum atomic E-state index is 0.129. The second-order valence-electron chi connectivity index (χ2n) is 3.18. The molecule has 1 aliphatic heterocycles. The number of hydrogen-bond acceptors (Lipinski definition) is 5. The van der Waals surface area contributed by atoms with E-state index in [1.165, 1.54) is 11.8 Å². The Hall–Kier alpha value is -0.100. The van der Waals surface area contributed by atoms with Crippen molar-refractivity contribution in [3.05, 3.63) is 10.6 Å². The summed E-state index contributed by atoms with van der Waals surface area (Å²) in [7, 11) is 0. The summed E-state index contributed by atoms with van der Waals surface area (Å²) >= 11 is 12.9. The summed E-state index contributed by atoms with van der Waals surface area (Å²) in [6.45, 7) is 2.82. The zero-order chi connectivity index (χ0) is 10.8. The number of halogens is 2. The minimum absolute atomic E-state index is 0.129. The molecule has 1 aliphatic rings. The van der Waals surface area contributed by atoms with Gasteiger partial charge < -0.3 is 4.74 Å². The predicted molar refractivity (Wildman–Crippen MR) is 59.5 cm³/mol. The molecule has 15 heavy (non-hydrogen) atoms. The molecule has 0 aromatic carbocycles. The zero-order valence-corrected chi connectivity index (χ0v) is 10.3. The molecule has 2 heterocycles. The van der Waals surface area contributed by atoms with E-state index in [9.17, 15) is 0 Å². The van der Waals surface area contributed by atoms with Gasteiger partial charge in [-0.3, -0.25) is 0 Å². The summed E-state index contributed by atoms with van der Waals surface area (Å²) in [5.41, 5.74) is 0. The van der Waals surface area contributed by atoms with Crippen molar-refractivity contribution in [3.8, 4) is 0 Å². The third kappa shape index (κ3) is 2.93. The van der Waals surface area contributed by atoms with Gasteiger partial charge in [0.2, 0.25) is 10.6 Å². The monoisotopic (exact) mass is 265 g/mol. The second kappa shape index (κ2) is 4.82. The van der Waals surface area contributed by atoms with Crippen molar-refractivity contribution in [3.63, 3.8) is 0 Å². The van der Waals surface area contributed by atoms with Crippen molar-refractivity contribution in [1.82, 2.24) is 15.0 Å². The van der Waals surface area contributed by atoms with Crippen molar-refractivity contribution in [2.45, 2.75) is 29.9 Å². The fourth-order valence-corrected chi connectivity index (χ4v) is 2.86.